The zero-order valence-electron chi connectivity index (χ0n) is 11.2. The molecule has 0 amide bonds. The van der Waals surface area contributed by atoms with Crippen molar-refractivity contribution in [3.8, 4) is 0 Å². The number of sulfonamides is 1. The van der Waals surface area contributed by atoms with E-state index in [1.807, 2.05) is 0 Å². The van der Waals surface area contributed by atoms with E-state index in [0.717, 1.165) is 38.4 Å². The second-order valence-electron chi connectivity index (χ2n) is 5.34. The van der Waals surface area contributed by atoms with Gasteiger partial charge < -0.3 is 0 Å². The first-order valence-electron chi connectivity index (χ1n) is 6.94. The van der Waals surface area contributed by atoms with Crippen molar-refractivity contribution >= 4 is 10.0 Å². The Labute approximate surface area is 118 Å². The summed E-state index contributed by atoms with van der Waals surface area (Å²) in [5.41, 5.74) is 0. The van der Waals surface area contributed by atoms with Gasteiger partial charge in [0.1, 0.15) is 0 Å². The second-order valence-corrected chi connectivity index (χ2v) is 7.19. The van der Waals surface area contributed by atoms with Crippen molar-refractivity contribution in [2.45, 2.75) is 30.3 Å². The third-order valence-corrected chi connectivity index (χ3v) is 5.88. The summed E-state index contributed by atoms with van der Waals surface area (Å²) in [5, 5.41) is -0.452. The first-order chi connectivity index (χ1) is 9.59. The van der Waals surface area contributed by atoms with Crippen LogP contribution in [0.5, 0.6) is 0 Å². The second kappa shape index (κ2) is 5.38. The van der Waals surface area contributed by atoms with Crippen molar-refractivity contribution in [1.29, 1.82) is 0 Å². The number of aromatic nitrogens is 1. The van der Waals surface area contributed by atoms with Crippen LogP contribution in [0.25, 0.3) is 0 Å². The van der Waals surface area contributed by atoms with E-state index in [1.54, 1.807) is 0 Å². The molecular weight excluding hydrogens is 281 g/mol. The summed E-state index contributed by atoms with van der Waals surface area (Å²) in [5.74, 6) is -0.778. The highest BCUT2D eigenvalue weighted by Gasteiger charge is 2.35. The maximum atomic E-state index is 13.7. The third kappa shape index (κ3) is 2.45. The molecule has 110 valence electrons. The van der Waals surface area contributed by atoms with Crippen molar-refractivity contribution in [1.82, 2.24) is 14.2 Å². The Morgan fingerprint density at radius 3 is 2.85 bits per heavy atom. The molecule has 1 aromatic heterocycles. The van der Waals surface area contributed by atoms with Gasteiger partial charge in [0.25, 0.3) is 10.0 Å². The molecule has 3 rings (SSSR count). The van der Waals surface area contributed by atoms with Crippen LogP contribution in [0.15, 0.2) is 23.4 Å². The SMILES string of the molecule is O=S(=O)(c1ncccc1F)N1CCCN2CCCC2C1. The molecule has 7 heteroatoms. The van der Waals surface area contributed by atoms with E-state index in [9.17, 15) is 12.8 Å². The maximum Gasteiger partial charge on any atom is 0.263 e. The van der Waals surface area contributed by atoms with E-state index < -0.39 is 20.9 Å². The highest BCUT2D eigenvalue weighted by molar-refractivity contribution is 7.89. The summed E-state index contributed by atoms with van der Waals surface area (Å²) in [4.78, 5) is 6.06. The zero-order valence-corrected chi connectivity index (χ0v) is 12.0. The predicted octanol–water partition coefficient (Wildman–Crippen LogP) is 1.08. The standard InChI is InChI=1S/C13H18FN3O2S/c14-12-5-1-6-15-13(12)20(18,19)17-9-3-8-16-7-2-4-11(16)10-17/h1,5-6,11H,2-4,7-10H2. The van der Waals surface area contributed by atoms with Crippen molar-refractivity contribution in [3.63, 3.8) is 0 Å². The summed E-state index contributed by atoms with van der Waals surface area (Å²) in [6, 6.07) is 2.80. The van der Waals surface area contributed by atoms with E-state index in [4.69, 9.17) is 0 Å². The Hall–Kier alpha value is -1.05. The van der Waals surface area contributed by atoms with Crippen LogP contribution in [0.4, 0.5) is 4.39 Å². The Morgan fingerprint density at radius 2 is 2.05 bits per heavy atom. The van der Waals surface area contributed by atoms with Gasteiger partial charge in [0, 0.05) is 25.3 Å². The molecule has 0 N–H and O–H groups in total. The molecule has 0 aliphatic carbocycles. The quantitative estimate of drug-likeness (QED) is 0.820. The predicted molar refractivity (Wildman–Crippen MR) is 72.2 cm³/mol. The van der Waals surface area contributed by atoms with E-state index in [1.165, 1.54) is 16.6 Å². The molecule has 0 bridgehead atoms. The van der Waals surface area contributed by atoms with Crippen LogP contribution in [0, 0.1) is 5.82 Å². The van der Waals surface area contributed by atoms with Crippen LogP contribution in [-0.4, -0.2) is 54.8 Å². The largest absolute Gasteiger partial charge is 0.299 e. The van der Waals surface area contributed by atoms with Gasteiger partial charge in [0.15, 0.2) is 5.82 Å². The summed E-state index contributed by atoms with van der Waals surface area (Å²) in [7, 11) is -3.83. The van der Waals surface area contributed by atoms with Gasteiger partial charge in [-0.2, -0.15) is 4.31 Å². The van der Waals surface area contributed by atoms with Crippen LogP contribution >= 0.6 is 0 Å². The Kier molecular flexibility index (Phi) is 3.74. The van der Waals surface area contributed by atoms with Crippen molar-refractivity contribution in [2.75, 3.05) is 26.2 Å². The molecule has 2 fully saturated rings. The summed E-state index contributed by atoms with van der Waals surface area (Å²) in [6.07, 6.45) is 4.22. The summed E-state index contributed by atoms with van der Waals surface area (Å²) < 4.78 is 40.2. The fourth-order valence-corrected chi connectivity index (χ4v) is 4.57. The first kappa shape index (κ1) is 13.9. The third-order valence-electron chi connectivity index (χ3n) is 4.08. The molecule has 1 aromatic rings. The van der Waals surface area contributed by atoms with Crippen LogP contribution in [0.3, 0.4) is 0 Å². The smallest absolute Gasteiger partial charge is 0.263 e. The van der Waals surface area contributed by atoms with Gasteiger partial charge in [0.2, 0.25) is 5.03 Å². The molecule has 1 atom stereocenters. The van der Waals surface area contributed by atoms with Gasteiger partial charge in [-0.1, -0.05) is 0 Å². The van der Waals surface area contributed by atoms with Crippen LogP contribution in [0.2, 0.25) is 0 Å². The molecule has 1 unspecified atom stereocenters. The molecule has 20 heavy (non-hydrogen) atoms. The highest BCUT2D eigenvalue weighted by atomic mass is 32.2. The number of hydrogen-bond donors (Lipinski definition) is 0. The lowest BCUT2D eigenvalue weighted by atomic mass is 10.2. The number of fused-ring (bicyclic) bond motifs is 1. The number of pyridine rings is 1. The average molecular weight is 299 g/mol. The lowest BCUT2D eigenvalue weighted by Crippen LogP contribution is -2.40. The van der Waals surface area contributed by atoms with Crippen LogP contribution < -0.4 is 0 Å². The summed E-state index contributed by atoms with van der Waals surface area (Å²) in [6.45, 7) is 2.83. The van der Waals surface area contributed by atoms with E-state index in [2.05, 4.69) is 9.88 Å². The molecule has 0 radical (unpaired) electrons. The number of halogens is 1. The minimum absolute atomic E-state index is 0.263. The summed E-state index contributed by atoms with van der Waals surface area (Å²) >= 11 is 0. The van der Waals surface area contributed by atoms with Gasteiger partial charge in [-0.25, -0.2) is 17.8 Å². The molecule has 0 aromatic carbocycles. The topological polar surface area (TPSA) is 53.5 Å². The molecular formula is C13H18FN3O2S. The number of nitrogens with zero attached hydrogens (tertiary/aromatic N) is 3. The van der Waals surface area contributed by atoms with Crippen molar-refractivity contribution < 1.29 is 12.8 Å². The van der Waals surface area contributed by atoms with Crippen molar-refractivity contribution in [2.24, 2.45) is 0 Å². The molecule has 0 spiro atoms. The average Bonchev–Trinajstić information content (AvgIpc) is 2.76. The van der Waals surface area contributed by atoms with Gasteiger partial charge in [-0.05, 0) is 44.5 Å². The molecule has 2 saturated heterocycles. The van der Waals surface area contributed by atoms with E-state index >= 15 is 0 Å². The minimum atomic E-state index is -3.83. The van der Waals surface area contributed by atoms with E-state index in [0.29, 0.717) is 13.1 Å². The molecule has 5 nitrogen and oxygen atoms in total. The van der Waals surface area contributed by atoms with Crippen LogP contribution in [0.1, 0.15) is 19.3 Å². The first-order valence-corrected chi connectivity index (χ1v) is 8.38. The minimum Gasteiger partial charge on any atom is -0.299 e. The van der Waals surface area contributed by atoms with Gasteiger partial charge in [0.05, 0.1) is 0 Å². The Balaban J connectivity index is 1.89. The lowest BCUT2D eigenvalue weighted by molar-refractivity contribution is 0.257. The molecule has 2 aliphatic rings. The number of hydrogen-bond acceptors (Lipinski definition) is 4. The van der Waals surface area contributed by atoms with E-state index in [-0.39, 0.29) is 6.04 Å². The van der Waals surface area contributed by atoms with Crippen molar-refractivity contribution in [3.05, 3.63) is 24.1 Å². The molecule has 3 heterocycles. The van der Waals surface area contributed by atoms with Gasteiger partial charge >= 0.3 is 0 Å². The van der Waals surface area contributed by atoms with Crippen LogP contribution in [-0.2, 0) is 10.0 Å². The normalized spacial score (nSPS) is 25.4. The van der Waals surface area contributed by atoms with Gasteiger partial charge in [-0.3, -0.25) is 4.90 Å². The monoisotopic (exact) mass is 299 g/mol. The fourth-order valence-electron chi connectivity index (χ4n) is 3.07. The zero-order chi connectivity index (χ0) is 14.2. The Morgan fingerprint density at radius 1 is 1.25 bits per heavy atom. The fraction of sp³-hybridized carbons (Fsp3) is 0.615. The molecule has 2 aliphatic heterocycles. The number of rotatable bonds is 2. The molecule has 0 saturated carbocycles. The maximum absolute atomic E-state index is 13.7. The highest BCUT2D eigenvalue weighted by Crippen LogP contribution is 2.25. The lowest BCUT2D eigenvalue weighted by Gasteiger charge is -2.24. The Bertz CT molecular complexity index is 593. The van der Waals surface area contributed by atoms with Gasteiger partial charge in [-0.15, -0.1) is 0 Å².